The summed E-state index contributed by atoms with van der Waals surface area (Å²) in [6.07, 6.45) is 0.342. The molecule has 5 heteroatoms. The van der Waals surface area contributed by atoms with Gasteiger partial charge in [-0.15, -0.1) is 0 Å². The molecule has 3 N–H and O–H groups in total. The van der Waals surface area contributed by atoms with E-state index in [1.165, 1.54) is 13.2 Å². The summed E-state index contributed by atoms with van der Waals surface area (Å²) in [6, 6.07) is 4.73. The van der Waals surface area contributed by atoms with Crippen molar-refractivity contribution in [2.24, 2.45) is 0 Å². The zero-order chi connectivity index (χ0) is 12.1. The molecule has 0 heterocycles. The minimum absolute atomic E-state index is 0.00403. The number of carbonyl (C=O) groups excluding carboxylic acids is 1. The van der Waals surface area contributed by atoms with Crippen molar-refractivity contribution in [3.05, 3.63) is 29.3 Å². The number of nitrogens with two attached hydrogens (primary N) is 1. The van der Waals surface area contributed by atoms with Gasteiger partial charge in [0.1, 0.15) is 0 Å². The minimum atomic E-state index is -0.887. The van der Waals surface area contributed by atoms with E-state index in [1.54, 1.807) is 12.1 Å². The van der Waals surface area contributed by atoms with Crippen LogP contribution in [0.15, 0.2) is 18.2 Å². The first-order valence-corrected chi connectivity index (χ1v) is 4.72. The maximum absolute atomic E-state index is 11.3. The van der Waals surface area contributed by atoms with Gasteiger partial charge in [0, 0.05) is 12.1 Å². The monoisotopic (exact) mass is 223 g/mol. The molecule has 5 nitrogen and oxygen atoms in total. The molecule has 0 saturated carbocycles. The number of hydrogen-bond acceptors (Lipinski definition) is 4. The Bertz CT molecular complexity index is 414. The number of ether oxygens (including phenoxy) is 1. The summed E-state index contributed by atoms with van der Waals surface area (Å²) in [7, 11) is 1.28. The van der Waals surface area contributed by atoms with E-state index in [-0.39, 0.29) is 6.42 Å². The van der Waals surface area contributed by atoms with Crippen LogP contribution >= 0.6 is 0 Å². The fourth-order valence-corrected chi connectivity index (χ4v) is 1.35. The Morgan fingerprint density at radius 2 is 2.06 bits per heavy atom. The summed E-state index contributed by atoms with van der Waals surface area (Å²) in [6.45, 7) is 0. The fraction of sp³-hybridized carbons (Fsp3) is 0.273. The molecule has 1 aromatic carbocycles. The van der Waals surface area contributed by atoms with E-state index < -0.39 is 11.9 Å². The van der Waals surface area contributed by atoms with E-state index in [2.05, 4.69) is 4.74 Å². The van der Waals surface area contributed by atoms with Gasteiger partial charge in [0.25, 0.3) is 0 Å². The van der Waals surface area contributed by atoms with Crippen LogP contribution in [0.2, 0.25) is 0 Å². The Morgan fingerprint density at radius 3 is 2.62 bits per heavy atom. The lowest BCUT2D eigenvalue weighted by molar-refractivity contribution is -0.136. The highest BCUT2D eigenvalue weighted by molar-refractivity contribution is 5.90. The van der Waals surface area contributed by atoms with Crippen LogP contribution in [0, 0.1) is 0 Å². The molecule has 0 aliphatic rings. The Labute approximate surface area is 92.8 Å². The number of aliphatic carboxylic acids is 1. The van der Waals surface area contributed by atoms with Crippen molar-refractivity contribution >= 4 is 17.6 Å². The predicted octanol–water partition coefficient (Wildman–Crippen LogP) is 1.07. The smallest absolute Gasteiger partial charge is 0.337 e. The maximum atomic E-state index is 11.3. The number of benzene rings is 1. The highest BCUT2D eigenvalue weighted by Gasteiger charge is 2.08. The summed E-state index contributed by atoms with van der Waals surface area (Å²) in [5.74, 6) is -1.37. The van der Waals surface area contributed by atoms with Crippen LogP contribution in [0.3, 0.4) is 0 Å². The third-order valence-electron chi connectivity index (χ3n) is 2.06. The third kappa shape index (κ3) is 3.27. The lowest BCUT2D eigenvalue weighted by Crippen LogP contribution is -2.04. The third-order valence-corrected chi connectivity index (χ3v) is 2.06. The highest BCUT2D eigenvalue weighted by Crippen LogP contribution is 2.14. The van der Waals surface area contributed by atoms with Gasteiger partial charge >= 0.3 is 11.9 Å². The van der Waals surface area contributed by atoms with E-state index in [0.717, 1.165) is 0 Å². The van der Waals surface area contributed by atoms with Crippen LogP contribution in [-0.4, -0.2) is 24.2 Å². The molecular formula is C11H13NO4. The zero-order valence-electron chi connectivity index (χ0n) is 8.90. The molecule has 0 bridgehead atoms. The van der Waals surface area contributed by atoms with Gasteiger partial charge in [0.2, 0.25) is 0 Å². The maximum Gasteiger partial charge on any atom is 0.337 e. The number of carbonyl (C=O) groups is 2. The largest absolute Gasteiger partial charge is 0.481 e. The number of carboxylic acids is 1. The lowest BCUT2D eigenvalue weighted by atomic mass is 10.1. The molecule has 1 aromatic rings. The summed E-state index contributed by atoms with van der Waals surface area (Å²) in [4.78, 5) is 21.7. The molecule has 0 radical (unpaired) electrons. The van der Waals surface area contributed by atoms with E-state index in [4.69, 9.17) is 10.8 Å². The van der Waals surface area contributed by atoms with E-state index in [1.807, 2.05) is 0 Å². The quantitative estimate of drug-likeness (QED) is 0.588. The van der Waals surface area contributed by atoms with Crippen molar-refractivity contribution in [2.45, 2.75) is 12.8 Å². The second-order valence-electron chi connectivity index (χ2n) is 3.35. The Hall–Kier alpha value is -2.04. The van der Waals surface area contributed by atoms with Crippen LogP contribution in [0.1, 0.15) is 22.3 Å². The van der Waals surface area contributed by atoms with E-state index >= 15 is 0 Å². The fourth-order valence-electron chi connectivity index (χ4n) is 1.35. The molecule has 0 aliphatic heterocycles. The number of carboxylic acid groups (broad SMARTS) is 1. The number of esters is 1. The van der Waals surface area contributed by atoms with Crippen LogP contribution in [0.4, 0.5) is 5.69 Å². The Kier molecular flexibility index (Phi) is 3.88. The molecule has 0 atom stereocenters. The minimum Gasteiger partial charge on any atom is -0.481 e. The summed E-state index contributed by atoms with van der Waals surface area (Å²) in [5.41, 5.74) is 7.07. The SMILES string of the molecule is COC(=O)c1cc(N)cc(CCC(=O)O)c1. The van der Waals surface area contributed by atoms with Crippen molar-refractivity contribution in [1.29, 1.82) is 0 Å². The van der Waals surface area contributed by atoms with E-state index in [9.17, 15) is 9.59 Å². The molecular weight excluding hydrogens is 210 g/mol. The number of hydrogen-bond donors (Lipinski definition) is 2. The molecule has 0 saturated heterocycles. The first-order valence-electron chi connectivity index (χ1n) is 4.72. The molecule has 0 unspecified atom stereocenters. The molecule has 0 fully saturated rings. The molecule has 0 aliphatic carbocycles. The number of anilines is 1. The first-order chi connectivity index (χ1) is 7.52. The highest BCUT2D eigenvalue weighted by atomic mass is 16.5. The van der Waals surface area contributed by atoms with Crippen LogP contribution in [0.5, 0.6) is 0 Å². The van der Waals surface area contributed by atoms with Gasteiger partial charge in [-0.3, -0.25) is 4.79 Å². The number of rotatable bonds is 4. The van der Waals surface area contributed by atoms with E-state index in [0.29, 0.717) is 23.2 Å². The molecule has 0 aromatic heterocycles. The Morgan fingerprint density at radius 1 is 1.38 bits per heavy atom. The zero-order valence-corrected chi connectivity index (χ0v) is 8.90. The standard InChI is InChI=1S/C11H13NO4/c1-16-11(15)8-4-7(2-3-10(13)14)5-9(12)6-8/h4-6H,2-3,12H2,1H3,(H,13,14). The summed E-state index contributed by atoms with van der Waals surface area (Å²) < 4.78 is 4.56. The average molecular weight is 223 g/mol. The first kappa shape index (κ1) is 12.0. The topological polar surface area (TPSA) is 89.6 Å². The molecule has 16 heavy (non-hydrogen) atoms. The van der Waals surface area contributed by atoms with Crippen molar-refractivity contribution < 1.29 is 19.4 Å². The molecule has 0 amide bonds. The second-order valence-corrected chi connectivity index (χ2v) is 3.35. The summed E-state index contributed by atoms with van der Waals surface area (Å²) in [5, 5.41) is 8.55. The average Bonchev–Trinajstić information content (AvgIpc) is 2.24. The van der Waals surface area contributed by atoms with Crippen LogP contribution < -0.4 is 5.73 Å². The predicted molar refractivity (Wildman–Crippen MR) is 58.2 cm³/mol. The van der Waals surface area contributed by atoms with Gasteiger partial charge in [0.05, 0.1) is 12.7 Å². The Balaban J connectivity index is 2.89. The van der Waals surface area contributed by atoms with Crippen molar-refractivity contribution in [2.75, 3.05) is 12.8 Å². The van der Waals surface area contributed by atoms with Gasteiger partial charge in [0.15, 0.2) is 0 Å². The second kappa shape index (κ2) is 5.16. The van der Waals surface area contributed by atoms with Gasteiger partial charge in [-0.05, 0) is 30.2 Å². The normalized spacial score (nSPS) is 9.81. The molecule has 1 rings (SSSR count). The van der Waals surface area contributed by atoms with Gasteiger partial charge in [-0.1, -0.05) is 0 Å². The van der Waals surface area contributed by atoms with Crippen molar-refractivity contribution in [3.63, 3.8) is 0 Å². The number of nitrogen functional groups attached to an aromatic ring is 1. The summed E-state index contributed by atoms with van der Waals surface area (Å²) >= 11 is 0. The van der Waals surface area contributed by atoms with Crippen molar-refractivity contribution in [1.82, 2.24) is 0 Å². The van der Waals surface area contributed by atoms with Crippen molar-refractivity contribution in [3.8, 4) is 0 Å². The van der Waals surface area contributed by atoms with Gasteiger partial charge in [-0.25, -0.2) is 4.79 Å². The van der Waals surface area contributed by atoms with Crippen LogP contribution in [0.25, 0.3) is 0 Å². The number of methoxy groups -OCH3 is 1. The van der Waals surface area contributed by atoms with Crippen LogP contribution in [-0.2, 0) is 16.0 Å². The lowest BCUT2D eigenvalue weighted by Gasteiger charge is -2.05. The van der Waals surface area contributed by atoms with Gasteiger partial charge in [-0.2, -0.15) is 0 Å². The molecule has 0 spiro atoms. The molecule has 86 valence electrons. The van der Waals surface area contributed by atoms with Gasteiger partial charge < -0.3 is 15.6 Å². The number of aryl methyl sites for hydroxylation is 1.